The highest BCUT2D eigenvalue weighted by molar-refractivity contribution is 7.98. The predicted molar refractivity (Wildman–Crippen MR) is 60.0 cm³/mol. The van der Waals surface area contributed by atoms with Gasteiger partial charge in [-0.3, -0.25) is 14.2 Å². The summed E-state index contributed by atoms with van der Waals surface area (Å²) >= 11 is 1.26. The van der Waals surface area contributed by atoms with Gasteiger partial charge in [0.25, 0.3) is 5.56 Å². The molecular weight excluding hydrogens is 232 g/mol. The average molecular weight is 244 g/mol. The van der Waals surface area contributed by atoms with Gasteiger partial charge in [0, 0.05) is 13.2 Å². The summed E-state index contributed by atoms with van der Waals surface area (Å²) in [5.74, 6) is -0.327. The van der Waals surface area contributed by atoms with E-state index in [1.807, 2.05) is 0 Å². The number of ether oxygens (including phenoxy) is 1. The van der Waals surface area contributed by atoms with Gasteiger partial charge in [0.2, 0.25) is 0 Å². The number of nitrogens with zero attached hydrogens (tertiary/aromatic N) is 1. The number of rotatable bonds is 5. The van der Waals surface area contributed by atoms with Gasteiger partial charge < -0.3 is 9.72 Å². The van der Waals surface area contributed by atoms with E-state index >= 15 is 0 Å². The quantitative estimate of drug-likeness (QED) is 0.556. The van der Waals surface area contributed by atoms with Gasteiger partial charge in [-0.1, -0.05) is 0 Å². The van der Waals surface area contributed by atoms with Crippen molar-refractivity contribution in [3.8, 4) is 0 Å². The summed E-state index contributed by atoms with van der Waals surface area (Å²) in [6.45, 7) is -0.382. The number of aromatic nitrogens is 2. The number of ketones is 1. The minimum atomic E-state index is -0.582. The maximum atomic E-state index is 11.5. The molecule has 1 aromatic rings. The Balaban J connectivity index is 3.02. The lowest BCUT2D eigenvalue weighted by Gasteiger charge is -2.04. The minimum absolute atomic E-state index is 0.115. The Kier molecular flexibility index (Phi) is 4.51. The van der Waals surface area contributed by atoms with Crippen molar-refractivity contribution in [3.63, 3.8) is 0 Å². The van der Waals surface area contributed by atoms with Gasteiger partial charge >= 0.3 is 5.69 Å². The number of carbonyl (C=O) groups is 1. The topological polar surface area (TPSA) is 81.2 Å². The average Bonchev–Trinajstić information content (AvgIpc) is 2.23. The van der Waals surface area contributed by atoms with E-state index in [9.17, 15) is 14.4 Å². The van der Waals surface area contributed by atoms with Crippen LogP contribution in [0.5, 0.6) is 0 Å². The summed E-state index contributed by atoms with van der Waals surface area (Å²) in [5.41, 5.74) is -1.07. The molecule has 0 bridgehead atoms. The molecule has 1 rings (SSSR count). The van der Waals surface area contributed by atoms with Crippen molar-refractivity contribution in [2.45, 2.75) is 11.6 Å². The zero-order chi connectivity index (χ0) is 12.1. The highest BCUT2D eigenvalue weighted by atomic mass is 32.2. The highest BCUT2D eigenvalue weighted by Gasteiger charge is 2.08. The minimum Gasteiger partial charge on any atom is -0.377 e. The molecule has 0 spiro atoms. The van der Waals surface area contributed by atoms with Gasteiger partial charge in [0.05, 0.1) is 11.6 Å². The molecule has 88 valence electrons. The van der Waals surface area contributed by atoms with Crippen molar-refractivity contribution in [2.24, 2.45) is 0 Å². The monoisotopic (exact) mass is 244 g/mol. The van der Waals surface area contributed by atoms with Gasteiger partial charge in [-0.05, 0) is 6.26 Å². The molecule has 0 saturated carbocycles. The normalized spacial score (nSPS) is 10.4. The molecule has 7 heteroatoms. The molecule has 0 aliphatic heterocycles. The maximum Gasteiger partial charge on any atom is 0.329 e. The van der Waals surface area contributed by atoms with E-state index in [1.54, 1.807) is 6.26 Å². The van der Waals surface area contributed by atoms with E-state index in [2.05, 4.69) is 9.72 Å². The van der Waals surface area contributed by atoms with Gasteiger partial charge in [-0.2, -0.15) is 0 Å². The van der Waals surface area contributed by atoms with Crippen molar-refractivity contribution in [1.29, 1.82) is 0 Å². The fraction of sp³-hybridized carbons (Fsp3) is 0.444. The van der Waals surface area contributed by atoms with Crippen LogP contribution in [0.25, 0.3) is 0 Å². The third-order valence-electron chi connectivity index (χ3n) is 1.86. The van der Waals surface area contributed by atoms with Crippen LogP contribution in [-0.4, -0.2) is 35.3 Å². The summed E-state index contributed by atoms with van der Waals surface area (Å²) < 4.78 is 5.47. The first kappa shape index (κ1) is 12.7. The van der Waals surface area contributed by atoms with Crippen molar-refractivity contribution in [1.82, 2.24) is 9.55 Å². The van der Waals surface area contributed by atoms with E-state index in [-0.39, 0.29) is 18.9 Å². The van der Waals surface area contributed by atoms with Crippen molar-refractivity contribution in [3.05, 3.63) is 26.9 Å². The zero-order valence-corrected chi connectivity index (χ0v) is 9.80. The molecule has 0 aliphatic rings. The first-order valence-electron chi connectivity index (χ1n) is 4.47. The van der Waals surface area contributed by atoms with E-state index in [0.717, 1.165) is 4.57 Å². The van der Waals surface area contributed by atoms with Crippen LogP contribution >= 0.6 is 11.8 Å². The first-order valence-corrected chi connectivity index (χ1v) is 5.69. The number of Topliss-reactive ketones (excluding diaryl/α,β-unsaturated/α-hetero) is 1. The second-order valence-electron chi connectivity index (χ2n) is 3.04. The Morgan fingerprint density at radius 3 is 2.75 bits per heavy atom. The number of carbonyl (C=O) groups excluding carboxylic acids is 1. The fourth-order valence-corrected chi connectivity index (χ4v) is 1.55. The van der Waals surface area contributed by atoms with Gasteiger partial charge in [-0.25, -0.2) is 4.79 Å². The standard InChI is InChI=1S/C9H12N2O4S/c1-15-5-6(12)4-11-8(13)3-7(16-2)10-9(11)14/h3H,4-5H2,1-2H3,(H,10,14). The summed E-state index contributed by atoms with van der Waals surface area (Å²) in [7, 11) is 1.38. The molecule has 0 radical (unpaired) electrons. The van der Waals surface area contributed by atoms with Gasteiger partial charge in [0.1, 0.15) is 6.61 Å². The lowest BCUT2D eigenvalue weighted by Crippen LogP contribution is -2.37. The number of H-pyrrole nitrogens is 1. The van der Waals surface area contributed by atoms with Crippen LogP contribution < -0.4 is 11.2 Å². The van der Waals surface area contributed by atoms with E-state index in [4.69, 9.17) is 0 Å². The third-order valence-corrected chi connectivity index (χ3v) is 2.52. The van der Waals surface area contributed by atoms with E-state index in [0.29, 0.717) is 5.03 Å². The van der Waals surface area contributed by atoms with Crippen molar-refractivity contribution < 1.29 is 9.53 Å². The molecule has 6 nitrogen and oxygen atoms in total. The number of hydrogen-bond donors (Lipinski definition) is 1. The van der Waals surface area contributed by atoms with Crippen LogP contribution in [-0.2, 0) is 16.1 Å². The molecule has 1 N–H and O–H groups in total. The maximum absolute atomic E-state index is 11.5. The van der Waals surface area contributed by atoms with Crippen LogP contribution in [0.1, 0.15) is 0 Å². The van der Waals surface area contributed by atoms with Gasteiger partial charge in [0.15, 0.2) is 5.78 Å². The van der Waals surface area contributed by atoms with Crippen LogP contribution in [0, 0.1) is 0 Å². The molecule has 0 fully saturated rings. The molecule has 1 heterocycles. The van der Waals surface area contributed by atoms with Crippen LogP contribution in [0.3, 0.4) is 0 Å². The zero-order valence-electron chi connectivity index (χ0n) is 8.98. The summed E-state index contributed by atoms with van der Waals surface area (Å²) in [5, 5.41) is 0.477. The number of aromatic amines is 1. The molecule has 0 aromatic carbocycles. The van der Waals surface area contributed by atoms with Crippen LogP contribution in [0.4, 0.5) is 0 Å². The van der Waals surface area contributed by atoms with Crippen molar-refractivity contribution >= 4 is 17.5 Å². The molecule has 0 saturated heterocycles. The summed E-state index contributed by atoms with van der Waals surface area (Å²) in [4.78, 5) is 36.7. The second kappa shape index (κ2) is 5.66. The number of nitrogens with one attached hydrogen (secondary N) is 1. The lowest BCUT2D eigenvalue weighted by molar-refractivity contribution is -0.123. The smallest absolute Gasteiger partial charge is 0.329 e. The van der Waals surface area contributed by atoms with E-state index < -0.39 is 11.2 Å². The van der Waals surface area contributed by atoms with Crippen LogP contribution in [0.15, 0.2) is 20.7 Å². The third kappa shape index (κ3) is 3.07. The number of hydrogen-bond acceptors (Lipinski definition) is 5. The predicted octanol–water partition coefficient (Wildman–Crippen LogP) is -0.526. The fourth-order valence-electron chi connectivity index (χ4n) is 1.14. The summed E-state index contributed by atoms with van der Waals surface area (Å²) in [6.07, 6.45) is 1.74. The molecule has 0 atom stereocenters. The number of thioether (sulfide) groups is 1. The number of methoxy groups -OCH3 is 1. The molecule has 16 heavy (non-hydrogen) atoms. The largest absolute Gasteiger partial charge is 0.377 e. The Hall–Kier alpha value is -1.34. The molecule has 0 aliphatic carbocycles. The molecule has 0 amide bonds. The first-order chi connectivity index (χ1) is 7.58. The Bertz CT molecular complexity index is 460. The molecular formula is C9H12N2O4S. The SMILES string of the molecule is COCC(=O)Cn1c(=O)cc(SC)[nH]c1=O. The Morgan fingerprint density at radius 2 is 2.25 bits per heavy atom. The summed E-state index contributed by atoms with van der Waals surface area (Å²) in [6, 6.07) is 1.28. The molecule has 1 aromatic heterocycles. The molecule has 0 unspecified atom stereocenters. The Morgan fingerprint density at radius 1 is 1.56 bits per heavy atom. The highest BCUT2D eigenvalue weighted by Crippen LogP contribution is 2.04. The van der Waals surface area contributed by atoms with Crippen LogP contribution in [0.2, 0.25) is 0 Å². The lowest BCUT2D eigenvalue weighted by atomic mass is 10.4. The van der Waals surface area contributed by atoms with Gasteiger partial charge in [-0.15, -0.1) is 11.8 Å². The van der Waals surface area contributed by atoms with Crippen molar-refractivity contribution in [2.75, 3.05) is 20.0 Å². The Labute approximate surface area is 95.6 Å². The van der Waals surface area contributed by atoms with E-state index in [1.165, 1.54) is 24.9 Å². The second-order valence-corrected chi connectivity index (χ2v) is 3.89.